The number of ketones is 1. The van der Waals surface area contributed by atoms with Crippen LogP contribution >= 0.6 is 0 Å². The summed E-state index contributed by atoms with van der Waals surface area (Å²) in [6.07, 6.45) is 15.4. The van der Waals surface area contributed by atoms with Crippen LogP contribution in [0, 0.1) is 29.1 Å². The summed E-state index contributed by atoms with van der Waals surface area (Å²) in [5.74, 6) is 2.11. The van der Waals surface area contributed by atoms with E-state index in [4.69, 9.17) is 9.16 Å². The predicted octanol–water partition coefficient (Wildman–Crippen LogP) is 8.18. The van der Waals surface area contributed by atoms with E-state index >= 15 is 0 Å². The molecule has 0 radical (unpaired) electrons. The summed E-state index contributed by atoms with van der Waals surface area (Å²) in [5.41, 5.74) is 1.53. The molecule has 4 rings (SSSR count). The molecule has 0 amide bonds. The van der Waals surface area contributed by atoms with Crippen LogP contribution in [0.1, 0.15) is 105 Å². The monoisotopic (exact) mass is 528 g/mol. The molecule has 0 saturated heterocycles. The highest BCUT2D eigenvalue weighted by atomic mass is 28.4. The fourth-order valence-electron chi connectivity index (χ4n) is 7.81. The number of ether oxygens (including phenoxy) is 1. The van der Waals surface area contributed by atoms with Gasteiger partial charge in [0, 0.05) is 0 Å². The standard InChI is InChI=1S/C32H52O4Si/c1-8-13-22-16-17-23-20-24(21-27(22)23)26-18-19-32(30(34)35-9-2,25-14-11-10-12-15-25)29(28(26)33)36-37(6,7)31(3,4)5/h8,13,22-23,25,27,29H,9-12,14-21H2,1-7H3/t22-,23-,27+,29?,32?/m0/s1. The number of carbonyl (C=O) groups excluding carboxylic acids is 2. The number of rotatable bonds is 6. The summed E-state index contributed by atoms with van der Waals surface area (Å²) in [5, 5.41) is -0.0465. The van der Waals surface area contributed by atoms with Crippen LogP contribution in [0.2, 0.25) is 18.1 Å². The van der Waals surface area contributed by atoms with Gasteiger partial charge in [-0.3, -0.25) is 9.59 Å². The summed E-state index contributed by atoms with van der Waals surface area (Å²) >= 11 is 0. The van der Waals surface area contributed by atoms with Gasteiger partial charge in [-0.05, 0) is 113 Å². The molecule has 4 aliphatic rings. The molecule has 37 heavy (non-hydrogen) atoms. The Labute approximate surface area is 227 Å². The van der Waals surface area contributed by atoms with E-state index in [1.807, 2.05) is 6.92 Å². The third kappa shape index (κ3) is 5.33. The van der Waals surface area contributed by atoms with Crippen molar-refractivity contribution < 1.29 is 18.8 Å². The molecule has 0 heterocycles. The smallest absolute Gasteiger partial charge is 0.315 e. The third-order valence-electron chi connectivity index (χ3n) is 10.9. The van der Waals surface area contributed by atoms with Crippen LogP contribution in [0.4, 0.5) is 0 Å². The molecule has 4 saturated carbocycles. The minimum Gasteiger partial charge on any atom is -0.465 e. The minimum atomic E-state index is -2.33. The maximum Gasteiger partial charge on any atom is 0.315 e. The molecule has 0 bridgehead atoms. The van der Waals surface area contributed by atoms with Crippen LogP contribution in [-0.2, 0) is 18.8 Å². The fraction of sp³-hybridized carbons (Fsp3) is 0.812. The maximum atomic E-state index is 14.6. The maximum absolute atomic E-state index is 14.6. The van der Waals surface area contributed by atoms with E-state index in [0.29, 0.717) is 37.2 Å². The molecular weight excluding hydrogens is 476 g/mol. The van der Waals surface area contributed by atoms with Crippen molar-refractivity contribution in [2.45, 2.75) is 129 Å². The second kappa shape index (κ2) is 11.1. The molecule has 0 aromatic rings. The zero-order chi connectivity index (χ0) is 27.0. The van der Waals surface area contributed by atoms with Gasteiger partial charge >= 0.3 is 5.97 Å². The molecule has 4 nitrogen and oxygen atoms in total. The SMILES string of the molecule is CC=C[C@H]1CC[C@H]2CC(=C3CCC(C(=O)OCC)(C4CCCCC4)C(O[Si](C)(C)C(C)(C)C)C3=O)C[C@@H]21. The van der Waals surface area contributed by atoms with E-state index in [1.54, 1.807) is 0 Å². The Kier molecular flexibility index (Phi) is 8.65. The lowest BCUT2D eigenvalue weighted by molar-refractivity contribution is -0.175. The van der Waals surface area contributed by atoms with Crippen LogP contribution < -0.4 is 0 Å². The number of hydrogen-bond acceptors (Lipinski definition) is 4. The Hall–Kier alpha value is -1.20. The lowest BCUT2D eigenvalue weighted by Crippen LogP contribution is -2.60. The van der Waals surface area contributed by atoms with Crippen molar-refractivity contribution in [3.05, 3.63) is 23.3 Å². The first-order valence-electron chi connectivity index (χ1n) is 15.2. The topological polar surface area (TPSA) is 52.6 Å². The van der Waals surface area contributed by atoms with Crippen molar-refractivity contribution in [3.63, 3.8) is 0 Å². The fourth-order valence-corrected chi connectivity index (χ4v) is 9.07. The zero-order valence-corrected chi connectivity index (χ0v) is 25.7. The number of hydrogen-bond donors (Lipinski definition) is 0. The lowest BCUT2D eigenvalue weighted by Gasteiger charge is -2.51. The van der Waals surface area contributed by atoms with Crippen LogP contribution in [0.5, 0.6) is 0 Å². The van der Waals surface area contributed by atoms with Crippen molar-refractivity contribution in [1.29, 1.82) is 0 Å². The second-order valence-corrected chi connectivity index (χ2v) is 18.7. The molecule has 4 aliphatic carbocycles. The molecule has 0 aromatic carbocycles. The summed E-state index contributed by atoms with van der Waals surface area (Å²) < 4.78 is 12.9. The van der Waals surface area contributed by atoms with Gasteiger partial charge in [0.1, 0.15) is 11.5 Å². The Balaban J connectivity index is 1.75. The number of carbonyl (C=O) groups is 2. The van der Waals surface area contributed by atoms with Crippen molar-refractivity contribution in [3.8, 4) is 0 Å². The second-order valence-electron chi connectivity index (χ2n) is 13.9. The quantitative estimate of drug-likeness (QED) is 0.151. The van der Waals surface area contributed by atoms with E-state index in [9.17, 15) is 9.59 Å². The molecule has 4 fully saturated rings. The Morgan fingerprint density at radius 2 is 1.78 bits per heavy atom. The summed E-state index contributed by atoms with van der Waals surface area (Å²) in [4.78, 5) is 28.6. The molecule has 5 atom stereocenters. The molecule has 208 valence electrons. The van der Waals surface area contributed by atoms with E-state index < -0.39 is 19.8 Å². The first kappa shape index (κ1) is 28.8. The highest BCUT2D eigenvalue weighted by Gasteiger charge is 2.61. The van der Waals surface area contributed by atoms with Crippen LogP contribution in [-0.4, -0.2) is 32.8 Å². The third-order valence-corrected chi connectivity index (χ3v) is 15.3. The largest absolute Gasteiger partial charge is 0.465 e. The normalized spacial score (nSPS) is 35.8. The van der Waals surface area contributed by atoms with Crippen molar-refractivity contribution >= 4 is 20.1 Å². The molecule has 0 aromatic heterocycles. The highest BCUT2D eigenvalue weighted by molar-refractivity contribution is 6.74. The van der Waals surface area contributed by atoms with Gasteiger partial charge in [-0.15, -0.1) is 0 Å². The van der Waals surface area contributed by atoms with Gasteiger partial charge in [-0.25, -0.2) is 0 Å². The van der Waals surface area contributed by atoms with E-state index in [-0.39, 0.29) is 22.7 Å². The summed E-state index contributed by atoms with van der Waals surface area (Å²) in [7, 11) is -2.33. The van der Waals surface area contributed by atoms with Crippen LogP contribution in [0.15, 0.2) is 23.3 Å². The first-order valence-corrected chi connectivity index (χ1v) is 18.1. The number of Topliss-reactive ketones (excluding diaryl/α,β-unsaturated/α-hetero) is 1. The Morgan fingerprint density at radius 1 is 1.08 bits per heavy atom. The van der Waals surface area contributed by atoms with E-state index in [1.165, 1.54) is 24.8 Å². The van der Waals surface area contributed by atoms with Crippen molar-refractivity contribution in [1.82, 2.24) is 0 Å². The number of allylic oxidation sites excluding steroid dienone is 3. The molecule has 0 spiro atoms. The lowest BCUT2D eigenvalue weighted by atomic mass is 9.58. The average Bonchev–Trinajstić information content (AvgIpc) is 3.42. The predicted molar refractivity (Wildman–Crippen MR) is 153 cm³/mol. The molecule has 0 aliphatic heterocycles. The Bertz CT molecular complexity index is 920. The first-order chi connectivity index (χ1) is 17.5. The summed E-state index contributed by atoms with van der Waals surface area (Å²) in [6.45, 7) is 15.5. The van der Waals surface area contributed by atoms with Gasteiger partial charge in [0.15, 0.2) is 14.1 Å². The van der Waals surface area contributed by atoms with E-state index in [2.05, 4.69) is 52.9 Å². The van der Waals surface area contributed by atoms with Crippen LogP contribution in [0.3, 0.4) is 0 Å². The molecular formula is C32H52O4Si. The van der Waals surface area contributed by atoms with Gasteiger partial charge in [0.25, 0.3) is 0 Å². The van der Waals surface area contributed by atoms with Gasteiger partial charge in [-0.2, -0.15) is 0 Å². The summed E-state index contributed by atoms with van der Waals surface area (Å²) in [6, 6.07) is 0. The molecule has 0 N–H and O–H groups in total. The van der Waals surface area contributed by atoms with Crippen molar-refractivity contribution in [2.24, 2.45) is 29.1 Å². The number of esters is 1. The van der Waals surface area contributed by atoms with E-state index in [0.717, 1.165) is 44.1 Å². The Morgan fingerprint density at radius 3 is 2.41 bits per heavy atom. The van der Waals surface area contributed by atoms with Crippen LogP contribution in [0.25, 0.3) is 0 Å². The molecule has 2 unspecified atom stereocenters. The number of fused-ring (bicyclic) bond motifs is 1. The van der Waals surface area contributed by atoms with Gasteiger partial charge < -0.3 is 9.16 Å². The van der Waals surface area contributed by atoms with Gasteiger partial charge in [0.05, 0.1) is 6.61 Å². The van der Waals surface area contributed by atoms with Crippen molar-refractivity contribution in [2.75, 3.05) is 6.61 Å². The highest BCUT2D eigenvalue weighted by Crippen LogP contribution is 2.56. The molecule has 5 heteroatoms. The minimum absolute atomic E-state index is 0.0465. The van der Waals surface area contributed by atoms with Gasteiger partial charge in [0.2, 0.25) is 0 Å². The van der Waals surface area contributed by atoms with Gasteiger partial charge in [-0.1, -0.05) is 57.8 Å². The average molecular weight is 529 g/mol. The zero-order valence-electron chi connectivity index (χ0n) is 24.7.